The second kappa shape index (κ2) is 13.1. The first-order valence-corrected chi connectivity index (χ1v) is 14.8. The van der Waals surface area contributed by atoms with E-state index in [-0.39, 0.29) is 41.8 Å². The maximum atomic E-state index is 14.0. The number of aryl methyl sites for hydroxylation is 1. The zero-order valence-electron chi connectivity index (χ0n) is 25.2. The topological polar surface area (TPSA) is 179 Å². The third-order valence-electron chi connectivity index (χ3n) is 7.85. The van der Waals surface area contributed by atoms with Crippen molar-refractivity contribution in [2.45, 2.75) is 64.8 Å². The number of aromatic nitrogens is 2. The van der Waals surface area contributed by atoms with Gasteiger partial charge in [-0.05, 0) is 61.2 Å². The molecule has 0 saturated heterocycles. The molecular weight excluding hydrogens is 578 g/mol. The molecule has 234 valence electrons. The number of nitrogens with zero attached hydrogens (tertiary/aromatic N) is 4. The summed E-state index contributed by atoms with van der Waals surface area (Å²) in [6.07, 6.45) is 0.782. The molecule has 0 saturated carbocycles. The molecule has 0 aliphatic carbocycles. The molecule has 13 heteroatoms. The number of carbonyl (C=O) groups is 4. The molecule has 45 heavy (non-hydrogen) atoms. The zero-order valence-corrected chi connectivity index (χ0v) is 25.2. The van der Waals surface area contributed by atoms with Gasteiger partial charge in [-0.1, -0.05) is 26.0 Å². The summed E-state index contributed by atoms with van der Waals surface area (Å²) in [6.45, 7) is 6.19. The number of fused-ring (bicyclic) bond motifs is 12. The molecule has 0 spiro atoms. The minimum absolute atomic E-state index is 0.0729. The van der Waals surface area contributed by atoms with Crippen LogP contribution in [0.3, 0.4) is 0 Å². The Hall–Kier alpha value is -5.38. The number of phenols is 1. The number of aromatic hydroxyl groups is 1. The number of phenolic OH excluding ortho intramolecular Hbond substituents is 1. The van der Waals surface area contributed by atoms with Crippen LogP contribution in [0.5, 0.6) is 17.2 Å². The molecule has 3 aromatic rings. The second-order valence-electron chi connectivity index (χ2n) is 11.6. The summed E-state index contributed by atoms with van der Waals surface area (Å²) < 4.78 is 7.66. The summed E-state index contributed by atoms with van der Waals surface area (Å²) in [5.74, 6) is -2.07. The van der Waals surface area contributed by atoms with Gasteiger partial charge in [0, 0.05) is 19.5 Å². The van der Waals surface area contributed by atoms with Gasteiger partial charge in [0.05, 0.1) is 17.8 Å². The Labute approximate surface area is 260 Å². The fourth-order valence-electron chi connectivity index (χ4n) is 5.37. The van der Waals surface area contributed by atoms with Gasteiger partial charge < -0.3 is 30.7 Å². The minimum Gasteiger partial charge on any atom is -0.507 e. The first-order valence-electron chi connectivity index (χ1n) is 14.8. The number of amides is 4. The normalized spacial score (nSPS) is 20.8. The summed E-state index contributed by atoms with van der Waals surface area (Å²) in [7, 11) is 0. The Morgan fingerprint density at radius 1 is 1.02 bits per heavy atom. The number of carbonyl (C=O) groups excluding carboxylic acids is 4. The van der Waals surface area contributed by atoms with Gasteiger partial charge in [0.15, 0.2) is 5.69 Å². The molecule has 6 rings (SSSR count). The molecular formula is C32H35N7O6. The van der Waals surface area contributed by atoms with Crippen molar-refractivity contribution in [3.8, 4) is 23.3 Å². The molecule has 1 aromatic heterocycles. The summed E-state index contributed by atoms with van der Waals surface area (Å²) in [5, 5.41) is 32.1. The van der Waals surface area contributed by atoms with E-state index in [9.17, 15) is 29.5 Å². The second-order valence-corrected chi connectivity index (χ2v) is 11.6. The number of hydrogen-bond acceptors (Lipinski definition) is 8. The van der Waals surface area contributed by atoms with Crippen LogP contribution in [0.1, 0.15) is 54.5 Å². The largest absolute Gasteiger partial charge is 0.507 e. The van der Waals surface area contributed by atoms with Crippen molar-refractivity contribution < 1.29 is 29.0 Å². The Morgan fingerprint density at radius 3 is 2.47 bits per heavy atom. The number of ether oxygens (including phenoxy) is 1. The van der Waals surface area contributed by atoms with Crippen LogP contribution < -0.4 is 20.7 Å². The Balaban J connectivity index is 1.46. The Bertz CT molecular complexity index is 1660. The lowest BCUT2D eigenvalue weighted by atomic mass is 10.0. The van der Waals surface area contributed by atoms with Gasteiger partial charge in [-0.25, -0.2) is 0 Å². The SMILES string of the molecule is CC(C)[C@@H]1NC(=O)c2cc(ccc2O)Oc2ccc(cc2)C[C@@H](C(=O)N2CCCn3nc(C#N)cc3C2)NC(=O)[C@H](C)NC1=O. The van der Waals surface area contributed by atoms with Gasteiger partial charge in [0.1, 0.15) is 41.4 Å². The van der Waals surface area contributed by atoms with Crippen molar-refractivity contribution in [2.75, 3.05) is 6.54 Å². The van der Waals surface area contributed by atoms with E-state index in [1.165, 1.54) is 25.1 Å². The first-order chi connectivity index (χ1) is 21.5. The highest BCUT2D eigenvalue weighted by Crippen LogP contribution is 2.28. The number of nitrogens with one attached hydrogen (secondary N) is 3. The Morgan fingerprint density at radius 2 is 1.76 bits per heavy atom. The predicted molar refractivity (Wildman–Crippen MR) is 161 cm³/mol. The van der Waals surface area contributed by atoms with E-state index in [0.29, 0.717) is 31.0 Å². The smallest absolute Gasteiger partial charge is 0.255 e. The van der Waals surface area contributed by atoms with Gasteiger partial charge in [-0.2, -0.15) is 10.4 Å². The maximum Gasteiger partial charge on any atom is 0.255 e. The van der Waals surface area contributed by atoms with Crippen LogP contribution in [0, 0.1) is 17.2 Å². The van der Waals surface area contributed by atoms with Crippen LogP contribution >= 0.6 is 0 Å². The van der Waals surface area contributed by atoms with Crippen molar-refractivity contribution in [3.05, 3.63) is 71.0 Å². The van der Waals surface area contributed by atoms with Gasteiger partial charge in [-0.3, -0.25) is 23.9 Å². The highest BCUT2D eigenvalue weighted by Gasteiger charge is 2.32. The minimum atomic E-state index is -1.04. The third-order valence-corrected chi connectivity index (χ3v) is 7.85. The number of hydrogen-bond donors (Lipinski definition) is 4. The van der Waals surface area contributed by atoms with Crippen LogP contribution in [0.4, 0.5) is 0 Å². The zero-order chi connectivity index (χ0) is 32.2. The summed E-state index contributed by atoms with van der Waals surface area (Å²) in [5.41, 5.74) is 1.67. The van der Waals surface area contributed by atoms with E-state index in [1.807, 2.05) is 6.07 Å². The van der Waals surface area contributed by atoms with Crippen LogP contribution in [0.25, 0.3) is 0 Å². The lowest BCUT2D eigenvalue weighted by Crippen LogP contribution is -2.57. The van der Waals surface area contributed by atoms with E-state index >= 15 is 0 Å². The van der Waals surface area contributed by atoms with Crippen LogP contribution in [-0.4, -0.2) is 68.1 Å². The van der Waals surface area contributed by atoms with E-state index in [0.717, 1.165) is 11.3 Å². The summed E-state index contributed by atoms with van der Waals surface area (Å²) in [6, 6.07) is 11.9. The maximum absolute atomic E-state index is 14.0. The predicted octanol–water partition coefficient (Wildman–Crippen LogP) is 1.99. The average Bonchev–Trinajstić information content (AvgIpc) is 3.30. The monoisotopic (exact) mass is 613 g/mol. The number of rotatable bonds is 2. The summed E-state index contributed by atoms with van der Waals surface area (Å²) in [4.78, 5) is 55.5. The van der Waals surface area contributed by atoms with Crippen LogP contribution in [0.15, 0.2) is 48.5 Å². The van der Waals surface area contributed by atoms with Crippen molar-refractivity contribution in [3.63, 3.8) is 0 Å². The molecule has 3 atom stereocenters. The molecule has 2 aromatic carbocycles. The molecule has 4 bridgehead atoms. The highest BCUT2D eigenvalue weighted by atomic mass is 16.5. The standard InChI is InChI=1S/C32H35N7O6/c1-18(2)28-31(43)34-19(3)29(41)35-26(32(44)38-11-4-12-39-22(17-38)14-21(16-33)37-39)13-20-5-7-23(8-6-20)45-24-9-10-27(40)25(15-24)30(42)36-28/h5-10,14-15,18-19,26,28,40H,4,11-13,17H2,1-3H3,(H,34,43)(H,35,41)(H,36,42)/t19-,26-,28-/m0/s1. The Kier molecular flexibility index (Phi) is 9.03. The van der Waals surface area contributed by atoms with Crippen molar-refractivity contribution in [1.82, 2.24) is 30.6 Å². The lowest BCUT2D eigenvalue weighted by molar-refractivity contribution is -0.137. The molecule has 3 aliphatic heterocycles. The fraction of sp³-hybridized carbons (Fsp3) is 0.375. The van der Waals surface area contributed by atoms with E-state index < -0.39 is 35.8 Å². The molecule has 4 N–H and O–H groups in total. The molecule has 0 radical (unpaired) electrons. The average molecular weight is 614 g/mol. The van der Waals surface area contributed by atoms with Crippen molar-refractivity contribution in [2.24, 2.45) is 5.92 Å². The van der Waals surface area contributed by atoms with Crippen LogP contribution in [-0.2, 0) is 33.9 Å². The lowest BCUT2D eigenvalue weighted by Gasteiger charge is -2.28. The number of nitriles is 1. The van der Waals surface area contributed by atoms with Crippen LogP contribution in [0.2, 0.25) is 0 Å². The van der Waals surface area contributed by atoms with Gasteiger partial charge in [0.25, 0.3) is 5.91 Å². The molecule has 13 nitrogen and oxygen atoms in total. The molecule has 4 amide bonds. The van der Waals surface area contributed by atoms with Crippen molar-refractivity contribution >= 4 is 23.6 Å². The number of benzene rings is 2. The molecule has 4 heterocycles. The van der Waals surface area contributed by atoms with Gasteiger partial charge >= 0.3 is 0 Å². The van der Waals surface area contributed by atoms with E-state index in [1.54, 1.807) is 53.8 Å². The first kappa shape index (κ1) is 31.1. The molecule has 3 aliphatic rings. The van der Waals surface area contributed by atoms with E-state index in [2.05, 4.69) is 21.0 Å². The molecule has 0 unspecified atom stereocenters. The van der Waals surface area contributed by atoms with Gasteiger partial charge in [0.2, 0.25) is 17.7 Å². The summed E-state index contributed by atoms with van der Waals surface area (Å²) >= 11 is 0. The molecule has 0 fully saturated rings. The quantitative estimate of drug-likeness (QED) is 0.317. The third kappa shape index (κ3) is 7.06. The van der Waals surface area contributed by atoms with Crippen molar-refractivity contribution in [1.29, 1.82) is 5.26 Å². The highest BCUT2D eigenvalue weighted by molar-refractivity contribution is 6.00. The van der Waals surface area contributed by atoms with E-state index in [4.69, 9.17) is 4.74 Å². The fourth-order valence-corrected chi connectivity index (χ4v) is 5.37. The van der Waals surface area contributed by atoms with Gasteiger partial charge in [-0.15, -0.1) is 0 Å².